The Morgan fingerprint density at radius 3 is 3.14 bits per heavy atom. The van der Waals surface area contributed by atoms with Crippen LogP contribution in [0, 0.1) is 11.3 Å². The molecule has 1 aliphatic rings. The molecule has 0 atom stereocenters. The van der Waals surface area contributed by atoms with Crippen LogP contribution in [0.15, 0.2) is 22.8 Å². The van der Waals surface area contributed by atoms with E-state index in [4.69, 9.17) is 10.00 Å². The highest BCUT2D eigenvalue weighted by molar-refractivity contribution is 9.10. The Labute approximate surface area is 126 Å². The standard InChI is InChI=1S/C12H7BrN6O2/c13-8-2-1-6-5-21-12(20)9(6)10(8)15-4-7(3-14)11-16-18-19-17-11/h1-2,4,15H,5H2,(H,16,17,18,19). The van der Waals surface area contributed by atoms with Crippen molar-refractivity contribution in [1.29, 1.82) is 5.26 Å². The largest absolute Gasteiger partial charge is 0.457 e. The van der Waals surface area contributed by atoms with Crippen LogP contribution < -0.4 is 5.32 Å². The summed E-state index contributed by atoms with van der Waals surface area (Å²) in [5.74, 6) is -0.239. The average molecular weight is 347 g/mol. The third-order valence-corrected chi connectivity index (χ3v) is 3.53. The molecule has 104 valence electrons. The van der Waals surface area contributed by atoms with Crippen LogP contribution in [0.3, 0.4) is 0 Å². The first-order valence-corrected chi connectivity index (χ1v) is 6.59. The van der Waals surface area contributed by atoms with Gasteiger partial charge in [-0.3, -0.25) is 0 Å². The second-order valence-corrected chi connectivity index (χ2v) is 4.94. The van der Waals surface area contributed by atoms with Crippen LogP contribution in [-0.2, 0) is 11.3 Å². The molecular weight excluding hydrogens is 340 g/mol. The van der Waals surface area contributed by atoms with Gasteiger partial charge in [0.1, 0.15) is 18.2 Å². The van der Waals surface area contributed by atoms with Crippen molar-refractivity contribution in [3.63, 3.8) is 0 Å². The van der Waals surface area contributed by atoms with Gasteiger partial charge in [-0.2, -0.15) is 10.5 Å². The van der Waals surface area contributed by atoms with Crippen molar-refractivity contribution in [2.24, 2.45) is 0 Å². The van der Waals surface area contributed by atoms with Crippen molar-refractivity contribution in [3.05, 3.63) is 39.8 Å². The smallest absolute Gasteiger partial charge is 0.341 e. The van der Waals surface area contributed by atoms with Gasteiger partial charge >= 0.3 is 5.97 Å². The van der Waals surface area contributed by atoms with Gasteiger partial charge in [-0.05, 0) is 27.2 Å². The van der Waals surface area contributed by atoms with E-state index < -0.39 is 5.97 Å². The molecule has 2 N–H and O–H groups in total. The Morgan fingerprint density at radius 2 is 2.43 bits per heavy atom. The summed E-state index contributed by atoms with van der Waals surface area (Å²) in [6.07, 6.45) is 1.41. The van der Waals surface area contributed by atoms with Crippen LogP contribution in [0.5, 0.6) is 0 Å². The number of cyclic esters (lactones) is 1. The fourth-order valence-corrected chi connectivity index (χ4v) is 2.34. The minimum atomic E-state index is -0.403. The lowest BCUT2D eigenvalue weighted by atomic mass is 10.1. The number of rotatable bonds is 3. The van der Waals surface area contributed by atoms with E-state index in [0.29, 0.717) is 15.7 Å². The lowest BCUT2D eigenvalue weighted by molar-refractivity contribution is 0.0536. The van der Waals surface area contributed by atoms with E-state index in [1.165, 1.54) is 6.20 Å². The Balaban J connectivity index is 1.98. The normalized spacial score (nSPS) is 13.5. The number of H-pyrrole nitrogens is 1. The van der Waals surface area contributed by atoms with Crippen LogP contribution in [0.1, 0.15) is 21.7 Å². The summed E-state index contributed by atoms with van der Waals surface area (Å²) < 4.78 is 5.68. The van der Waals surface area contributed by atoms with Crippen LogP contribution in [0.2, 0.25) is 0 Å². The van der Waals surface area contributed by atoms with Crippen LogP contribution in [0.25, 0.3) is 5.57 Å². The number of hydrogen-bond acceptors (Lipinski definition) is 7. The number of halogens is 1. The number of tetrazole rings is 1. The molecule has 2 aromatic rings. The first-order valence-electron chi connectivity index (χ1n) is 5.80. The minimum Gasteiger partial charge on any atom is -0.457 e. The highest BCUT2D eigenvalue weighted by Crippen LogP contribution is 2.34. The van der Waals surface area contributed by atoms with Gasteiger partial charge in [0.2, 0.25) is 5.82 Å². The van der Waals surface area contributed by atoms with Gasteiger partial charge in [0, 0.05) is 16.2 Å². The van der Waals surface area contributed by atoms with Crippen molar-refractivity contribution in [1.82, 2.24) is 20.6 Å². The molecule has 9 heteroatoms. The Hall–Kier alpha value is -2.73. The Kier molecular flexibility index (Phi) is 3.37. The number of nitrogens with one attached hydrogen (secondary N) is 2. The van der Waals surface area contributed by atoms with E-state index in [2.05, 4.69) is 41.9 Å². The van der Waals surface area contributed by atoms with E-state index in [1.807, 2.05) is 12.1 Å². The molecule has 0 unspecified atom stereocenters. The van der Waals surface area contributed by atoms with Gasteiger partial charge < -0.3 is 10.1 Å². The van der Waals surface area contributed by atoms with Crippen molar-refractivity contribution in [2.45, 2.75) is 6.61 Å². The second-order valence-electron chi connectivity index (χ2n) is 4.08. The number of carbonyl (C=O) groups excluding carboxylic acids is 1. The summed E-state index contributed by atoms with van der Waals surface area (Å²) >= 11 is 3.37. The summed E-state index contributed by atoms with van der Waals surface area (Å²) in [7, 11) is 0. The number of esters is 1. The predicted molar refractivity (Wildman–Crippen MR) is 74.7 cm³/mol. The zero-order chi connectivity index (χ0) is 14.8. The molecule has 1 aromatic heterocycles. The highest BCUT2D eigenvalue weighted by atomic mass is 79.9. The molecule has 0 spiro atoms. The Morgan fingerprint density at radius 1 is 1.57 bits per heavy atom. The molecule has 0 radical (unpaired) electrons. The average Bonchev–Trinajstić information content (AvgIpc) is 3.12. The number of allylic oxidation sites excluding steroid dienone is 1. The molecule has 3 rings (SSSR count). The number of nitriles is 1. The molecular formula is C12H7BrN6O2. The number of nitrogens with zero attached hydrogens (tertiary/aromatic N) is 4. The lowest BCUT2D eigenvalue weighted by Crippen LogP contribution is -2.02. The van der Waals surface area contributed by atoms with Crippen LogP contribution >= 0.6 is 15.9 Å². The SMILES string of the molecule is N#CC(=CNc1c(Br)ccc2c1C(=O)OC2)c1nn[nH]n1. The maximum atomic E-state index is 11.8. The molecule has 21 heavy (non-hydrogen) atoms. The predicted octanol–water partition coefficient (Wildman–Crippen LogP) is 1.61. The summed E-state index contributed by atoms with van der Waals surface area (Å²) in [6, 6.07) is 5.57. The molecule has 1 aromatic carbocycles. The zero-order valence-electron chi connectivity index (χ0n) is 10.4. The number of benzene rings is 1. The van der Waals surface area contributed by atoms with E-state index >= 15 is 0 Å². The van der Waals surface area contributed by atoms with E-state index in [-0.39, 0.29) is 18.0 Å². The first-order chi connectivity index (χ1) is 10.2. The zero-order valence-corrected chi connectivity index (χ0v) is 12.0. The maximum absolute atomic E-state index is 11.8. The van der Waals surface area contributed by atoms with Gasteiger partial charge in [-0.25, -0.2) is 4.79 Å². The number of carbonyl (C=O) groups is 1. The maximum Gasteiger partial charge on any atom is 0.341 e. The molecule has 0 amide bonds. The summed E-state index contributed by atoms with van der Waals surface area (Å²) in [5.41, 5.74) is 1.95. The minimum absolute atomic E-state index is 0.163. The highest BCUT2D eigenvalue weighted by Gasteiger charge is 2.26. The molecule has 0 saturated heterocycles. The first kappa shape index (κ1) is 13.3. The van der Waals surface area contributed by atoms with E-state index in [1.54, 1.807) is 6.07 Å². The van der Waals surface area contributed by atoms with Crippen molar-refractivity contribution in [3.8, 4) is 6.07 Å². The molecule has 2 heterocycles. The number of hydrogen-bond donors (Lipinski definition) is 2. The van der Waals surface area contributed by atoms with Crippen molar-refractivity contribution in [2.75, 3.05) is 5.32 Å². The molecule has 1 aliphatic heterocycles. The number of aromatic nitrogens is 4. The fraction of sp³-hybridized carbons (Fsp3) is 0.0833. The molecule has 0 bridgehead atoms. The molecule has 8 nitrogen and oxygen atoms in total. The van der Waals surface area contributed by atoms with Crippen LogP contribution in [-0.4, -0.2) is 26.6 Å². The quantitative estimate of drug-likeness (QED) is 0.640. The monoisotopic (exact) mass is 346 g/mol. The molecule has 0 saturated carbocycles. The van der Waals surface area contributed by atoms with Gasteiger partial charge in [-0.1, -0.05) is 6.07 Å². The van der Waals surface area contributed by atoms with Crippen molar-refractivity contribution < 1.29 is 9.53 Å². The summed E-state index contributed by atoms with van der Waals surface area (Å²) in [4.78, 5) is 11.8. The van der Waals surface area contributed by atoms with Gasteiger partial charge in [0.15, 0.2) is 0 Å². The third kappa shape index (κ3) is 2.36. The topological polar surface area (TPSA) is 117 Å². The number of aromatic amines is 1. The summed E-state index contributed by atoms with van der Waals surface area (Å²) in [6.45, 7) is 0.246. The Bertz CT molecular complexity index is 778. The third-order valence-electron chi connectivity index (χ3n) is 2.87. The number of fused-ring (bicyclic) bond motifs is 1. The molecule has 0 fully saturated rings. The van der Waals surface area contributed by atoms with Crippen molar-refractivity contribution >= 4 is 33.2 Å². The van der Waals surface area contributed by atoms with Gasteiger partial charge in [-0.15, -0.1) is 10.2 Å². The lowest BCUT2D eigenvalue weighted by Gasteiger charge is -2.08. The second kappa shape index (κ2) is 5.34. The van der Waals surface area contributed by atoms with Crippen LogP contribution in [0.4, 0.5) is 5.69 Å². The molecule has 0 aliphatic carbocycles. The fourth-order valence-electron chi connectivity index (χ4n) is 1.90. The van der Waals surface area contributed by atoms with Gasteiger partial charge in [0.05, 0.1) is 11.3 Å². The van der Waals surface area contributed by atoms with Gasteiger partial charge in [0.25, 0.3) is 0 Å². The number of ether oxygens (including phenoxy) is 1. The van der Waals surface area contributed by atoms with E-state index in [9.17, 15) is 4.79 Å². The van der Waals surface area contributed by atoms with E-state index in [0.717, 1.165) is 5.56 Å². The number of anilines is 1. The summed E-state index contributed by atoms with van der Waals surface area (Å²) in [5, 5.41) is 25.2.